The van der Waals surface area contributed by atoms with Crippen LogP contribution in [-0.2, 0) is 4.79 Å². The van der Waals surface area contributed by atoms with Gasteiger partial charge in [-0.2, -0.15) is 0 Å². The summed E-state index contributed by atoms with van der Waals surface area (Å²) in [5, 5.41) is 3.30. The predicted octanol–water partition coefficient (Wildman–Crippen LogP) is 3.05. The van der Waals surface area contributed by atoms with E-state index in [9.17, 15) is 9.59 Å². The minimum atomic E-state index is -0.128. The van der Waals surface area contributed by atoms with E-state index in [1.54, 1.807) is 12.1 Å². The molecule has 1 heterocycles. The molecule has 5 nitrogen and oxygen atoms in total. The molecule has 1 aromatic heterocycles. The van der Waals surface area contributed by atoms with E-state index in [0.717, 1.165) is 4.90 Å². The van der Waals surface area contributed by atoms with Gasteiger partial charge in [0, 0.05) is 17.5 Å². The van der Waals surface area contributed by atoms with Crippen LogP contribution in [0.2, 0.25) is 5.15 Å². The molecule has 102 valence electrons. The number of anilines is 1. The van der Waals surface area contributed by atoms with E-state index in [0.29, 0.717) is 17.0 Å². The fraction of sp³-hybridized carbons (Fsp3) is 0.0769. The highest BCUT2D eigenvalue weighted by atomic mass is 35.5. The molecule has 1 amide bonds. The lowest BCUT2D eigenvalue weighted by molar-refractivity contribution is -0.114. The number of hydrogen-bond donors (Lipinski definition) is 1. The predicted molar refractivity (Wildman–Crippen MR) is 77.3 cm³/mol. The number of halogens is 1. The lowest BCUT2D eigenvalue weighted by Crippen LogP contribution is -2.05. The first kappa shape index (κ1) is 14.5. The number of aldehydes is 1. The Morgan fingerprint density at radius 3 is 2.60 bits per heavy atom. The number of nitrogens with zero attached hydrogens (tertiary/aromatic N) is 2. The largest absolute Gasteiger partial charge is 0.326 e. The number of amides is 1. The zero-order chi connectivity index (χ0) is 14.5. The molecule has 2 aromatic rings. The fourth-order valence-corrected chi connectivity index (χ4v) is 2.54. The molecule has 0 unspecified atom stereocenters. The lowest BCUT2D eigenvalue weighted by Gasteiger charge is -2.06. The van der Waals surface area contributed by atoms with Gasteiger partial charge >= 0.3 is 0 Å². The van der Waals surface area contributed by atoms with Gasteiger partial charge in [-0.25, -0.2) is 9.97 Å². The van der Waals surface area contributed by atoms with Crippen molar-refractivity contribution in [1.82, 2.24) is 9.97 Å². The number of carbonyl (C=O) groups is 2. The molecule has 0 aliphatic heterocycles. The second-order valence-corrected chi connectivity index (χ2v) is 5.23. The zero-order valence-corrected chi connectivity index (χ0v) is 12.0. The van der Waals surface area contributed by atoms with Crippen molar-refractivity contribution in [1.29, 1.82) is 0 Å². The van der Waals surface area contributed by atoms with Crippen LogP contribution in [0, 0.1) is 0 Å². The average Bonchev–Trinajstić information content (AvgIpc) is 2.41. The first-order valence-corrected chi connectivity index (χ1v) is 6.81. The Hall–Kier alpha value is -1.92. The van der Waals surface area contributed by atoms with E-state index >= 15 is 0 Å². The molecule has 0 atom stereocenters. The van der Waals surface area contributed by atoms with Gasteiger partial charge in [-0.05, 0) is 24.3 Å². The highest BCUT2D eigenvalue weighted by molar-refractivity contribution is 7.99. The molecule has 0 radical (unpaired) electrons. The Morgan fingerprint density at radius 1 is 1.30 bits per heavy atom. The molecule has 1 N–H and O–H groups in total. The molecular formula is C13H10ClN3O2S. The van der Waals surface area contributed by atoms with Gasteiger partial charge in [0.1, 0.15) is 16.5 Å². The van der Waals surface area contributed by atoms with Crippen LogP contribution in [0.5, 0.6) is 0 Å². The molecular weight excluding hydrogens is 298 g/mol. The van der Waals surface area contributed by atoms with Crippen LogP contribution in [0.1, 0.15) is 17.3 Å². The van der Waals surface area contributed by atoms with Crippen molar-refractivity contribution < 1.29 is 9.59 Å². The third kappa shape index (κ3) is 3.55. The van der Waals surface area contributed by atoms with Crippen LogP contribution in [0.4, 0.5) is 5.69 Å². The van der Waals surface area contributed by atoms with Crippen LogP contribution < -0.4 is 5.32 Å². The Labute approximate surface area is 124 Å². The smallest absolute Gasteiger partial charge is 0.221 e. The van der Waals surface area contributed by atoms with Crippen molar-refractivity contribution in [2.45, 2.75) is 16.8 Å². The molecule has 0 spiro atoms. The maximum atomic E-state index is 11.0. The van der Waals surface area contributed by atoms with Crippen molar-refractivity contribution in [3.8, 4) is 0 Å². The van der Waals surface area contributed by atoms with Gasteiger partial charge in [0.25, 0.3) is 0 Å². The Bertz CT molecular complexity index is 647. The van der Waals surface area contributed by atoms with Crippen LogP contribution in [0.3, 0.4) is 0 Å². The van der Waals surface area contributed by atoms with Gasteiger partial charge in [-0.1, -0.05) is 23.4 Å². The van der Waals surface area contributed by atoms with Crippen LogP contribution in [0.15, 0.2) is 40.5 Å². The number of hydrogen-bond acceptors (Lipinski definition) is 5. The van der Waals surface area contributed by atoms with E-state index in [2.05, 4.69) is 15.3 Å². The second-order valence-electron chi connectivity index (χ2n) is 3.81. The van der Waals surface area contributed by atoms with E-state index < -0.39 is 0 Å². The summed E-state index contributed by atoms with van der Waals surface area (Å²) in [5.41, 5.74) is 0.975. The molecule has 0 bridgehead atoms. The molecule has 2 rings (SSSR count). The molecule has 0 saturated carbocycles. The van der Waals surface area contributed by atoms with Crippen LogP contribution in [0.25, 0.3) is 0 Å². The minimum Gasteiger partial charge on any atom is -0.326 e. The maximum absolute atomic E-state index is 11.0. The minimum absolute atomic E-state index is 0.128. The van der Waals surface area contributed by atoms with E-state index in [1.807, 2.05) is 12.1 Å². The number of nitrogens with one attached hydrogen (secondary N) is 1. The first-order chi connectivity index (χ1) is 9.60. The highest BCUT2D eigenvalue weighted by Gasteiger charge is 2.10. The zero-order valence-electron chi connectivity index (χ0n) is 10.5. The van der Waals surface area contributed by atoms with Crippen LogP contribution in [-0.4, -0.2) is 22.2 Å². The number of rotatable bonds is 4. The van der Waals surface area contributed by atoms with Gasteiger partial charge in [0.15, 0.2) is 6.29 Å². The lowest BCUT2D eigenvalue weighted by atomic mass is 10.3. The highest BCUT2D eigenvalue weighted by Crippen LogP contribution is 2.30. The molecule has 0 fully saturated rings. The van der Waals surface area contributed by atoms with E-state index in [4.69, 9.17) is 11.6 Å². The normalized spacial score (nSPS) is 10.1. The molecule has 20 heavy (non-hydrogen) atoms. The summed E-state index contributed by atoms with van der Waals surface area (Å²) in [4.78, 5) is 30.6. The monoisotopic (exact) mass is 307 g/mol. The van der Waals surface area contributed by atoms with Gasteiger partial charge in [-0.3, -0.25) is 9.59 Å². The van der Waals surface area contributed by atoms with Gasteiger partial charge in [0.05, 0.1) is 5.56 Å². The summed E-state index contributed by atoms with van der Waals surface area (Å²) in [7, 11) is 0. The molecule has 1 aromatic carbocycles. The summed E-state index contributed by atoms with van der Waals surface area (Å²) >= 11 is 7.14. The molecule has 0 saturated heterocycles. The standard InChI is InChI=1S/C13H10ClN3O2S/c1-8(19)17-9-2-4-10(5-3-9)20-13-11(6-18)12(14)15-7-16-13/h2-7H,1H3,(H,17,19). The SMILES string of the molecule is CC(=O)Nc1ccc(Sc2ncnc(Cl)c2C=O)cc1. The summed E-state index contributed by atoms with van der Waals surface area (Å²) in [6.45, 7) is 1.45. The molecule has 0 aliphatic rings. The fourth-order valence-electron chi connectivity index (χ4n) is 1.46. The summed E-state index contributed by atoms with van der Waals surface area (Å²) in [6.07, 6.45) is 1.94. The van der Waals surface area contributed by atoms with E-state index in [-0.39, 0.29) is 16.6 Å². The summed E-state index contributed by atoms with van der Waals surface area (Å²) in [6, 6.07) is 7.18. The van der Waals surface area contributed by atoms with Crippen molar-refractivity contribution in [2.24, 2.45) is 0 Å². The molecule has 0 aliphatic carbocycles. The average molecular weight is 308 g/mol. The van der Waals surface area contributed by atoms with E-state index in [1.165, 1.54) is 25.0 Å². The van der Waals surface area contributed by atoms with Crippen molar-refractivity contribution in [3.63, 3.8) is 0 Å². The van der Waals surface area contributed by atoms with Crippen LogP contribution >= 0.6 is 23.4 Å². The number of benzene rings is 1. The molecule has 7 heteroatoms. The Balaban J connectivity index is 2.20. The first-order valence-electron chi connectivity index (χ1n) is 5.61. The third-order valence-corrected chi connectivity index (χ3v) is 3.63. The quantitative estimate of drug-likeness (QED) is 0.694. The Kier molecular flexibility index (Phi) is 4.70. The van der Waals surface area contributed by atoms with Crippen molar-refractivity contribution >= 4 is 41.2 Å². The third-order valence-electron chi connectivity index (χ3n) is 2.31. The number of carbonyl (C=O) groups excluding carboxylic acids is 2. The number of aromatic nitrogens is 2. The van der Waals surface area contributed by atoms with Gasteiger partial charge in [-0.15, -0.1) is 0 Å². The van der Waals surface area contributed by atoms with Crippen molar-refractivity contribution in [2.75, 3.05) is 5.32 Å². The topological polar surface area (TPSA) is 72.0 Å². The maximum Gasteiger partial charge on any atom is 0.221 e. The Morgan fingerprint density at radius 2 is 2.00 bits per heavy atom. The summed E-state index contributed by atoms with van der Waals surface area (Å²) in [5.74, 6) is -0.128. The van der Waals surface area contributed by atoms with Gasteiger partial charge < -0.3 is 5.32 Å². The second kappa shape index (κ2) is 6.49. The van der Waals surface area contributed by atoms with Crippen molar-refractivity contribution in [3.05, 3.63) is 41.3 Å². The van der Waals surface area contributed by atoms with Gasteiger partial charge in [0.2, 0.25) is 5.91 Å². The summed E-state index contributed by atoms with van der Waals surface area (Å²) < 4.78 is 0.